The number of nitrogens with two attached hydrogens (primary N) is 1. The van der Waals surface area contributed by atoms with Crippen molar-refractivity contribution in [1.82, 2.24) is 5.32 Å². The smallest absolute Gasteiger partial charge is 0.0326 e. The second-order valence-electron chi connectivity index (χ2n) is 7.81. The zero-order chi connectivity index (χ0) is 17.8. The van der Waals surface area contributed by atoms with Crippen molar-refractivity contribution in [2.45, 2.75) is 57.4 Å². The second kappa shape index (κ2) is 7.99. The Hall–Kier alpha value is -2.22. The number of hydrogen-bond donors (Lipinski definition) is 2. The molecule has 1 aromatic carbocycles. The summed E-state index contributed by atoms with van der Waals surface area (Å²) in [5.74, 6) is 0.631. The molecule has 3 aliphatic rings. The Balaban J connectivity index is 1.57. The van der Waals surface area contributed by atoms with E-state index in [-0.39, 0.29) is 0 Å². The molecule has 1 aromatic rings. The Morgan fingerprint density at radius 2 is 1.81 bits per heavy atom. The third kappa shape index (κ3) is 3.80. The van der Waals surface area contributed by atoms with Crippen LogP contribution in [-0.2, 0) is 0 Å². The summed E-state index contributed by atoms with van der Waals surface area (Å²) >= 11 is 0. The first-order valence-electron chi connectivity index (χ1n) is 10.2. The molecule has 0 saturated heterocycles. The molecule has 0 spiro atoms. The summed E-state index contributed by atoms with van der Waals surface area (Å²) in [5, 5.41) is 3.86. The van der Waals surface area contributed by atoms with Crippen LogP contribution in [0, 0.1) is 5.92 Å². The summed E-state index contributed by atoms with van der Waals surface area (Å²) in [6, 6.07) is 11.2. The van der Waals surface area contributed by atoms with Crippen LogP contribution in [0.5, 0.6) is 0 Å². The minimum atomic E-state index is 0.556. The number of rotatable bonds is 4. The summed E-state index contributed by atoms with van der Waals surface area (Å²) in [7, 11) is 0. The van der Waals surface area contributed by atoms with E-state index in [0.29, 0.717) is 12.0 Å². The average molecular weight is 347 g/mol. The lowest BCUT2D eigenvalue weighted by Crippen LogP contribution is -2.39. The third-order valence-electron chi connectivity index (χ3n) is 6.03. The number of hydrogen-bond acceptors (Lipinski definition) is 2. The van der Waals surface area contributed by atoms with Crippen LogP contribution in [0.3, 0.4) is 0 Å². The van der Waals surface area contributed by atoms with Gasteiger partial charge >= 0.3 is 0 Å². The van der Waals surface area contributed by atoms with E-state index >= 15 is 0 Å². The largest absolute Gasteiger partial charge is 0.402 e. The molecule has 3 aliphatic carbocycles. The van der Waals surface area contributed by atoms with Crippen molar-refractivity contribution < 1.29 is 0 Å². The predicted octanol–water partition coefficient (Wildman–Crippen LogP) is 5.46. The first kappa shape index (κ1) is 17.2. The molecule has 3 N–H and O–H groups in total. The number of allylic oxidation sites excluding steroid dienone is 6. The molecule has 0 aliphatic heterocycles. The van der Waals surface area contributed by atoms with Crippen molar-refractivity contribution >= 4 is 5.57 Å². The fourth-order valence-electron chi connectivity index (χ4n) is 4.62. The number of benzene rings is 1. The average Bonchev–Trinajstić information content (AvgIpc) is 2.70. The van der Waals surface area contributed by atoms with E-state index in [1.807, 2.05) is 0 Å². The molecule has 0 amide bonds. The SMILES string of the molecule is NC1=C(c2ccccc2)C=C(C2CCCCC2NC2=CCCC=C2)CC1. The Morgan fingerprint density at radius 3 is 2.62 bits per heavy atom. The zero-order valence-electron chi connectivity index (χ0n) is 15.6. The standard InChI is InChI=1S/C24H30N2/c25-23-16-15-19(17-22(23)18-9-3-1-4-10-18)21-13-7-8-14-24(21)26-20-11-5-2-6-12-20/h1,3-5,9-12,17,21,24,26H,2,6-8,13-16,25H2. The van der Waals surface area contributed by atoms with Crippen LogP contribution in [-0.4, -0.2) is 6.04 Å². The molecule has 0 aromatic heterocycles. The highest BCUT2D eigenvalue weighted by molar-refractivity contribution is 5.78. The van der Waals surface area contributed by atoms with Crippen LogP contribution < -0.4 is 11.1 Å². The Morgan fingerprint density at radius 1 is 0.962 bits per heavy atom. The summed E-state index contributed by atoms with van der Waals surface area (Å²) in [6.07, 6.45) is 19.0. The predicted molar refractivity (Wildman–Crippen MR) is 110 cm³/mol. The molecule has 2 unspecified atom stereocenters. The molecule has 26 heavy (non-hydrogen) atoms. The van der Waals surface area contributed by atoms with E-state index < -0.39 is 0 Å². The van der Waals surface area contributed by atoms with Gasteiger partial charge in [0.1, 0.15) is 0 Å². The molecular weight excluding hydrogens is 316 g/mol. The van der Waals surface area contributed by atoms with Gasteiger partial charge in [0.2, 0.25) is 0 Å². The maximum atomic E-state index is 6.39. The lowest BCUT2D eigenvalue weighted by atomic mass is 9.75. The molecule has 0 radical (unpaired) electrons. The molecule has 0 heterocycles. The highest BCUT2D eigenvalue weighted by atomic mass is 14.9. The van der Waals surface area contributed by atoms with E-state index in [0.717, 1.165) is 25.0 Å². The van der Waals surface area contributed by atoms with Gasteiger partial charge in [0, 0.05) is 28.9 Å². The van der Waals surface area contributed by atoms with Crippen LogP contribution in [0.25, 0.3) is 5.57 Å². The van der Waals surface area contributed by atoms with Gasteiger partial charge < -0.3 is 11.1 Å². The lowest BCUT2D eigenvalue weighted by molar-refractivity contribution is 0.307. The molecule has 0 bridgehead atoms. The van der Waals surface area contributed by atoms with Gasteiger partial charge in [-0.25, -0.2) is 0 Å². The van der Waals surface area contributed by atoms with E-state index in [4.69, 9.17) is 5.73 Å². The lowest BCUT2D eigenvalue weighted by Gasteiger charge is -2.36. The summed E-state index contributed by atoms with van der Waals surface area (Å²) in [6.45, 7) is 0. The van der Waals surface area contributed by atoms with Gasteiger partial charge in [-0.05, 0) is 50.2 Å². The molecule has 2 nitrogen and oxygen atoms in total. The van der Waals surface area contributed by atoms with Crippen LogP contribution in [0.4, 0.5) is 0 Å². The highest BCUT2D eigenvalue weighted by Crippen LogP contribution is 2.38. The second-order valence-corrected chi connectivity index (χ2v) is 7.81. The summed E-state index contributed by atoms with van der Waals surface area (Å²) < 4.78 is 0. The van der Waals surface area contributed by atoms with Crippen molar-refractivity contribution in [3.63, 3.8) is 0 Å². The van der Waals surface area contributed by atoms with Gasteiger partial charge in [-0.3, -0.25) is 0 Å². The van der Waals surface area contributed by atoms with Crippen LogP contribution in [0.15, 0.2) is 71.6 Å². The fourth-order valence-corrected chi connectivity index (χ4v) is 4.62. The molecule has 136 valence electrons. The Bertz CT molecular complexity index is 752. The van der Waals surface area contributed by atoms with E-state index in [1.54, 1.807) is 5.57 Å². The first-order chi connectivity index (χ1) is 12.8. The van der Waals surface area contributed by atoms with Crippen molar-refractivity contribution in [1.29, 1.82) is 0 Å². The van der Waals surface area contributed by atoms with E-state index in [2.05, 4.69) is 60.0 Å². The minimum Gasteiger partial charge on any atom is -0.402 e. The van der Waals surface area contributed by atoms with Gasteiger partial charge in [-0.1, -0.05) is 67.0 Å². The molecule has 2 atom stereocenters. The zero-order valence-corrected chi connectivity index (χ0v) is 15.6. The van der Waals surface area contributed by atoms with Gasteiger partial charge in [0.15, 0.2) is 0 Å². The van der Waals surface area contributed by atoms with Gasteiger partial charge in [-0.15, -0.1) is 0 Å². The van der Waals surface area contributed by atoms with Crippen LogP contribution in [0.2, 0.25) is 0 Å². The van der Waals surface area contributed by atoms with Crippen LogP contribution >= 0.6 is 0 Å². The fraction of sp³-hybridized carbons (Fsp3) is 0.417. The minimum absolute atomic E-state index is 0.556. The van der Waals surface area contributed by atoms with E-state index in [1.165, 1.54) is 48.9 Å². The van der Waals surface area contributed by atoms with Crippen molar-refractivity contribution in [2.75, 3.05) is 0 Å². The molecule has 1 fully saturated rings. The molecule has 1 saturated carbocycles. The van der Waals surface area contributed by atoms with Crippen LogP contribution in [0.1, 0.15) is 56.9 Å². The first-order valence-corrected chi connectivity index (χ1v) is 10.2. The Kier molecular flexibility index (Phi) is 5.29. The molecule has 2 heteroatoms. The highest BCUT2D eigenvalue weighted by Gasteiger charge is 2.29. The van der Waals surface area contributed by atoms with Gasteiger partial charge in [0.05, 0.1) is 0 Å². The summed E-state index contributed by atoms with van der Waals surface area (Å²) in [4.78, 5) is 0. The van der Waals surface area contributed by atoms with E-state index in [9.17, 15) is 0 Å². The van der Waals surface area contributed by atoms with Crippen molar-refractivity contribution in [2.24, 2.45) is 11.7 Å². The monoisotopic (exact) mass is 346 g/mol. The quantitative estimate of drug-likeness (QED) is 0.760. The van der Waals surface area contributed by atoms with Crippen molar-refractivity contribution in [3.05, 3.63) is 77.2 Å². The topological polar surface area (TPSA) is 38.0 Å². The van der Waals surface area contributed by atoms with Gasteiger partial charge in [-0.2, -0.15) is 0 Å². The van der Waals surface area contributed by atoms with Crippen molar-refractivity contribution in [3.8, 4) is 0 Å². The maximum absolute atomic E-state index is 6.39. The molecular formula is C24H30N2. The summed E-state index contributed by atoms with van der Waals surface area (Å²) in [5.41, 5.74) is 12.8. The number of nitrogens with one attached hydrogen (secondary N) is 1. The normalized spacial score (nSPS) is 26.3. The maximum Gasteiger partial charge on any atom is 0.0326 e. The third-order valence-corrected chi connectivity index (χ3v) is 6.03. The molecule has 4 rings (SSSR count). The Labute approximate surface area is 157 Å². The van der Waals surface area contributed by atoms with Gasteiger partial charge in [0.25, 0.3) is 0 Å².